The second-order valence-corrected chi connectivity index (χ2v) is 12.8. The first-order chi connectivity index (χ1) is 26.0. The van der Waals surface area contributed by atoms with Crippen molar-refractivity contribution in [2.75, 3.05) is 0 Å². The van der Waals surface area contributed by atoms with Gasteiger partial charge >= 0.3 is 0 Å². The molecule has 3 N–H and O–H groups in total. The van der Waals surface area contributed by atoms with Gasteiger partial charge in [0.15, 0.2) is 0 Å². The summed E-state index contributed by atoms with van der Waals surface area (Å²) in [5, 5.41) is 26.6. The molecule has 0 aromatic heterocycles. The largest absolute Gasteiger partial charge is 0.300 e. The van der Waals surface area contributed by atoms with Crippen molar-refractivity contribution in [1.29, 1.82) is 16.2 Å². The lowest BCUT2D eigenvalue weighted by atomic mass is 9.82. The molecule has 0 spiro atoms. The van der Waals surface area contributed by atoms with Crippen molar-refractivity contribution in [1.82, 2.24) is 0 Å². The second kappa shape index (κ2) is 16.4. The SMILES string of the molecule is N=C(/C=C\C(=N)c1cccc(-c2c(-c3ccccc3)ccc(-c3ccccc3)c2-c2cccc(C(=N)/C=C\Cc3ccccc3)c2)c1)c1ccccc1. The summed E-state index contributed by atoms with van der Waals surface area (Å²) in [4.78, 5) is 0. The van der Waals surface area contributed by atoms with E-state index >= 15 is 0 Å². The molecule has 0 aliphatic heterocycles. The van der Waals surface area contributed by atoms with Crippen LogP contribution < -0.4 is 0 Å². The first-order valence-electron chi connectivity index (χ1n) is 17.7. The average Bonchev–Trinajstić information content (AvgIpc) is 3.23. The summed E-state index contributed by atoms with van der Waals surface area (Å²) in [6.45, 7) is 0. The Morgan fingerprint density at radius 3 is 1.23 bits per heavy atom. The van der Waals surface area contributed by atoms with Crippen LogP contribution in [0.5, 0.6) is 0 Å². The van der Waals surface area contributed by atoms with E-state index in [1.807, 2.05) is 91.0 Å². The minimum Gasteiger partial charge on any atom is -0.300 e. The number of nitrogens with one attached hydrogen (secondary N) is 3. The fraction of sp³-hybridized carbons (Fsp3) is 0.0200. The molecule has 3 nitrogen and oxygen atoms in total. The molecule has 0 unspecified atom stereocenters. The van der Waals surface area contributed by atoms with E-state index in [9.17, 15) is 0 Å². The van der Waals surface area contributed by atoms with E-state index in [0.29, 0.717) is 17.1 Å². The zero-order chi connectivity index (χ0) is 36.4. The zero-order valence-corrected chi connectivity index (χ0v) is 29.3. The minimum atomic E-state index is 0.326. The van der Waals surface area contributed by atoms with Crippen LogP contribution in [0.2, 0.25) is 0 Å². The van der Waals surface area contributed by atoms with E-state index in [2.05, 4.69) is 103 Å². The van der Waals surface area contributed by atoms with E-state index in [1.54, 1.807) is 12.2 Å². The van der Waals surface area contributed by atoms with Crippen molar-refractivity contribution in [2.45, 2.75) is 6.42 Å². The summed E-state index contributed by atoms with van der Waals surface area (Å²) < 4.78 is 0. The zero-order valence-electron chi connectivity index (χ0n) is 29.3. The van der Waals surface area contributed by atoms with Gasteiger partial charge < -0.3 is 16.2 Å². The number of allylic oxidation sites excluding steroid dienone is 4. The lowest BCUT2D eigenvalue weighted by Crippen LogP contribution is -2.00. The maximum Gasteiger partial charge on any atom is 0.0613 e. The molecule has 0 amide bonds. The molecule has 0 heterocycles. The van der Waals surface area contributed by atoms with Crippen LogP contribution in [0.25, 0.3) is 44.5 Å². The molecule has 0 aliphatic carbocycles. The highest BCUT2D eigenvalue weighted by Crippen LogP contribution is 2.46. The monoisotopic (exact) mass is 681 g/mol. The Bertz CT molecular complexity index is 2440. The number of rotatable bonds is 12. The van der Waals surface area contributed by atoms with Gasteiger partial charge in [0.2, 0.25) is 0 Å². The molecule has 0 radical (unpaired) electrons. The molecule has 0 aliphatic rings. The maximum atomic E-state index is 9.03. The summed E-state index contributed by atoms with van der Waals surface area (Å²) in [7, 11) is 0. The number of hydrogen-bond donors (Lipinski definition) is 3. The Balaban J connectivity index is 1.36. The highest BCUT2D eigenvalue weighted by atomic mass is 14.4. The van der Waals surface area contributed by atoms with Crippen LogP contribution in [-0.2, 0) is 6.42 Å². The Hall–Kier alpha value is -6.97. The third kappa shape index (κ3) is 8.17. The molecule has 254 valence electrons. The van der Waals surface area contributed by atoms with Gasteiger partial charge in [-0.25, -0.2) is 0 Å². The molecule has 7 rings (SSSR count). The van der Waals surface area contributed by atoms with Crippen molar-refractivity contribution < 1.29 is 0 Å². The predicted octanol–water partition coefficient (Wildman–Crippen LogP) is 12.5. The predicted molar refractivity (Wildman–Crippen MR) is 224 cm³/mol. The minimum absolute atomic E-state index is 0.326. The van der Waals surface area contributed by atoms with Gasteiger partial charge in [0.1, 0.15) is 0 Å². The fourth-order valence-electron chi connectivity index (χ4n) is 6.60. The van der Waals surface area contributed by atoms with Gasteiger partial charge in [-0.2, -0.15) is 0 Å². The normalized spacial score (nSPS) is 11.2. The highest BCUT2D eigenvalue weighted by molar-refractivity contribution is 6.14. The maximum absolute atomic E-state index is 9.03. The van der Waals surface area contributed by atoms with Gasteiger partial charge in [-0.05, 0) is 104 Å². The third-order valence-corrected chi connectivity index (χ3v) is 9.28. The first kappa shape index (κ1) is 34.5. The van der Waals surface area contributed by atoms with Crippen molar-refractivity contribution in [2.24, 2.45) is 0 Å². The molecule has 0 bridgehead atoms. The molecule has 3 heteroatoms. The summed E-state index contributed by atoms with van der Waals surface area (Å²) in [6.07, 6.45) is 8.10. The fourth-order valence-corrected chi connectivity index (χ4v) is 6.60. The molecule has 0 atom stereocenters. The molecular weight excluding hydrogens is 643 g/mol. The van der Waals surface area contributed by atoms with Crippen LogP contribution in [0.3, 0.4) is 0 Å². The van der Waals surface area contributed by atoms with Crippen LogP contribution in [0, 0.1) is 16.2 Å². The molecule has 0 saturated heterocycles. The summed E-state index contributed by atoms with van der Waals surface area (Å²) in [5.74, 6) is 0. The smallest absolute Gasteiger partial charge is 0.0613 e. The van der Waals surface area contributed by atoms with E-state index in [0.717, 1.165) is 67.6 Å². The quantitative estimate of drug-likeness (QED) is 0.107. The van der Waals surface area contributed by atoms with Gasteiger partial charge in [0.05, 0.1) is 17.1 Å². The molecular formula is C50H39N3. The summed E-state index contributed by atoms with van der Waals surface area (Å²) in [5.41, 5.74) is 13.2. The van der Waals surface area contributed by atoms with Crippen LogP contribution in [-0.4, -0.2) is 17.1 Å². The van der Waals surface area contributed by atoms with Crippen molar-refractivity contribution in [3.63, 3.8) is 0 Å². The van der Waals surface area contributed by atoms with Crippen LogP contribution in [0.4, 0.5) is 0 Å². The average molecular weight is 682 g/mol. The first-order valence-corrected chi connectivity index (χ1v) is 17.7. The number of benzene rings is 7. The van der Waals surface area contributed by atoms with Crippen molar-refractivity contribution in [3.8, 4) is 44.5 Å². The van der Waals surface area contributed by atoms with Gasteiger partial charge in [-0.15, -0.1) is 0 Å². The number of hydrogen-bond acceptors (Lipinski definition) is 3. The van der Waals surface area contributed by atoms with E-state index in [1.165, 1.54) is 5.56 Å². The van der Waals surface area contributed by atoms with Crippen LogP contribution >= 0.6 is 0 Å². The van der Waals surface area contributed by atoms with Crippen molar-refractivity contribution in [3.05, 3.63) is 229 Å². The van der Waals surface area contributed by atoms with Gasteiger partial charge in [-0.3, -0.25) is 0 Å². The molecule has 7 aromatic rings. The van der Waals surface area contributed by atoms with E-state index in [4.69, 9.17) is 16.2 Å². The summed E-state index contributed by atoms with van der Waals surface area (Å²) >= 11 is 0. The third-order valence-electron chi connectivity index (χ3n) is 9.28. The highest BCUT2D eigenvalue weighted by Gasteiger charge is 2.20. The molecule has 53 heavy (non-hydrogen) atoms. The standard InChI is InChI=1S/C50H39N3/c51-46(29-13-18-36-16-5-1-6-17-36)40-25-14-27-42(34-40)49-44(37-19-7-2-8-20-37)30-31-45(38-21-9-3-10-22-38)50(49)43-28-15-26-41(35-43)48(53)33-32-47(52)39-23-11-4-12-24-39/h1-17,19-35,51-53H,18H2/b29-13-,33-32-,51-46?,52-47?,53-48?. The van der Waals surface area contributed by atoms with Crippen molar-refractivity contribution >= 4 is 17.1 Å². The Kier molecular flexibility index (Phi) is 10.6. The van der Waals surface area contributed by atoms with Gasteiger partial charge in [0.25, 0.3) is 0 Å². The Labute approximate surface area is 311 Å². The van der Waals surface area contributed by atoms with E-state index in [-0.39, 0.29) is 0 Å². The van der Waals surface area contributed by atoms with E-state index < -0.39 is 0 Å². The Morgan fingerprint density at radius 2 is 0.736 bits per heavy atom. The lowest BCUT2D eigenvalue weighted by molar-refractivity contribution is 1.27. The van der Waals surface area contributed by atoms with Crippen LogP contribution in [0.15, 0.2) is 206 Å². The molecule has 7 aromatic carbocycles. The van der Waals surface area contributed by atoms with Crippen LogP contribution in [0.1, 0.15) is 22.3 Å². The molecule has 0 saturated carbocycles. The van der Waals surface area contributed by atoms with Gasteiger partial charge in [-0.1, -0.05) is 176 Å². The second-order valence-electron chi connectivity index (χ2n) is 12.8. The topological polar surface area (TPSA) is 71.6 Å². The molecule has 0 fully saturated rings. The summed E-state index contributed by atoms with van der Waals surface area (Å²) in [6, 6.07) is 61.6. The van der Waals surface area contributed by atoms with Gasteiger partial charge in [0, 0.05) is 0 Å². The Morgan fingerprint density at radius 1 is 0.358 bits per heavy atom. The lowest BCUT2D eigenvalue weighted by Gasteiger charge is -2.21.